The Morgan fingerprint density at radius 1 is 0.829 bits per heavy atom. The number of benzene rings is 1. The van der Waals surface area contributed by atoms with Crippen LogP contribution in [-0.2, 0) is 8.85 Å². The molecule has 1 saturated carbocycles. The number of fused-ring (bicyclic) bond motifs is 1. The highest BCUT2D eigenvalue weighted by Gasteiger charge is 2.60. The molecular formula is C26H43NO6Si2. The van der Waals surface area contributed by atoms with E-state index >= 15 is 0 Å². The van der Waals surface area contributed by atoms with Crippen LogP contribution < -0.4 is 0 Å². The number of aliphatic hydroxyl groups is 2. The van der Waals surface area contributed by atoms with Gasteiger partial charge >= 0.3 is 0 Å². The lowest BCUT2D eigenvalue weighted by atomic mass is 10.0. The van der Waals surface area contributed by atoms with Gasteiger partial charge in [0.25, 0.3) is 11.8 Å². The molecule has 0 saturated heterocycles. The number of amides is 2. The van der Waals surface area contributed by atoms with Crippen LogP contribution in [0.25, 0.3) is 0 Å². The third kappa shape index (κ3) is 4.83. The Labute approximate surface area is 212 Å². The van der Waals surface area contributed by atoms with E-state index in [2.05, 4.69) is 67.7 Å². The fourth-order valence-corrected chi connectivity index (χ4v) is 7.05. The molecule has 3 rings (SSSR count). The summed E-state index contributed by atoms with van der Waals surface area (Å²) in [5.74, 6) is -1.57. The maximum Gasteiger partial charge on any atom is 0.261 e. The molecule has 5 atom stereocenters. The fourth-order valence-electron chi connectivity index (χ4n) is 4.40. The second-order valence-corrected chi connectivity index (χ2v) is 22.6. The second kappa shape index (κ2) is 9.18. The normalized spacial score (nSPS) is 28.1. The Morgan fingerprint density at radius 2 is 1.23 bits per heavy atom. The van der Waals surface area contributed by atoms with Crippen molar-refractivity contribution < 1.29 is 28.7 Å². The Balaban J connectivity index is 2.13. The van der Waals surface area contributed by atoms with Crippen molar-refractivity contribution in [1.29, 1.82) is 0 Å². The Kier molecular flexibility index (Phi) is 7.40. The van der Waals surface area contributed by atoms with Crippen molar-refractivity contribution in [3.63, 3.8) is 0 Å². The van der Waals surface area contributed by atoms with Gasteiger partial charge in [-0.25, -0.2) is 0 Å². The highest BCUT2D eigenvalue weighted by Crippen LogP contribution is 2.47. The molecule has 7 nitrogen and oxygen atoms in total. The van der Waals surface area contributed by atoms with Crippen molar-refractivity contribution in [2.45, 2.75) is 102 Å². The first-order valence-electron chi connectivity index (χ1n) is 12.5. The van der Waals surface area contributed by atoms with Crippen LogP contribution in [0.15, 0.2) is 24.3 Å². The topological polar surface area (TPSA) is 96.3 Å². The lowest BCUT2D eigenvalue weighted by molar-refractivity contribution is 0.000621. The van der Waals surface area contributed by atoms with Crippen LogP contribution >= 0.6 is 0 Å². The maximum absolute atomic E-state index is 13.4. The number of imide groups is 1. The number of aliphatic hydroxyl groups excluding tert-OH is 2. The Morgan fingerprint density at radius 3 is 1.60 bits per heavy atom. The predicted octanol–water partition coefficient (Wildman–Crippen LogP) is 4.42. The summed E-state index contributed by atoms with van der Waals surface area (Å²) in [6.45, 7) is 20.9. The largest absolute Gasteiger partial charge is 0.411 e. The first kappa shape index (κ1) is 28.2. The van der Waals surface area contributed by atoms with Gasteiger partial charge in [-0.3, -0.25) is 14.5 Å². The van der Waals surface area contributed by atoms with Crippen LogP contribution in [0, 0.1) is 5.92 Å². The van der Waals surface area contributed by atoms with E-state index in [0.29, 0.717) is 11.1 Å². The van der Waals surface area contributed by atoms with E-state index in [1.807, 2.05) is 0 Å². The molecule has 1 aromatic carbocycles. The third-order valence-electron chi connectivity index (χ3n) is 8.68. The van der Waals surface area contributed by atoms with Crippen molar-refractivity contribution in [1.82, 2.24) is 4.90 Å². The van der Waals surface area contributed by atoms with Crippen LogP contribution in [-0.4, -0.2) is 74.5 Å². The molecule has 0 radical (unpaired) electrons. The van der Waals surface area contributed by atoms with Gasteiger partial charge in [0, 0.05) is 5.92 Å². The molecule has 196 valence electrons. The van der Waals surface area contributed by atoms with Gasteiger partial charge in [-0.15, -0.1) is 0 Å². The van der Waals surface area contributed by atoms with Crippen molar-refractivity contribution in [3.05, 3.63) is 35.4 Å². The molecule has 2 N–H and O–H groups in total. The van der Waals surface area contributed by atoms with E-state index in [-0.39, 0.29) is 16.7 Å². The Bertz CT molecular complexity index is 946. The summed E-state index contributed by atoms with van der Waals surface area (Å²) >= 11 is 0. The standard InChI is InChI=1S/C26H43NO6Si2/c1-25(2,3)34(7,8)32-21-18(15-28)20(29)19(22(21)33-35(9,10)26(4,5)6)27-23(30)16-13-11-12-14-17(16)24(27)31/h11-14,18-22,28-29H,15H2,1-10H3. The second-order valence-electron chi connectivity index (χ2n) is 13.0. The minimum Gasteiger partial charge on any atom is -0.411 e. The molecule has 1 aliphatic heterocycles. The molecule has 1 aromatic rings. The zero-order chi connectivity index (χ0) is 26.7. The average molecular weight is 522 g/mol. The zero-order valence-electron chi connectivity index (χ0n) is 22.9. The summed E-state index contributed by atoms with van der Waals surface area (Å²) in [6.07, 6.45) is -2.58. The van der Waals surface area contributed by atoms with E-state index in [9.17, 15) is 19.8 Å². The monoisotopic (exact) mass is 521 g/mol. The van der Waals surface area contributed by atoms with Gasteiger partial charge in [0.15, 0.2) is 16.6 Å². The first-order chi connectivity index (χ1) is 15.9. The predicted molar refractivity (Wildman–Crippen MR) is 141 cm³/mol. The molecule has 9 heteroatoms. The maximum atomic E-state index is 13.4. The minimum absolute atomic E-state index is 0.118. The molecule has 1 fully saturated rings. The van der Waals surface area contributed by atoms with Gasteiger partial charge in [0.2, 0.25) is 0 Å². The number of hydrogen-bond acceptors (Lipinski definition) is 6. The van der Waals surface area contributed by atoms with Crippen LogP contribution in [0.1, 0.15) is 62.3 Å². The van der Waals surface area contributed by atoms with Crippen molar-refractivity contribution in [3.8, 4) is 0 Å². The Hall–Kier alpha value is -1.37. The van der Waals surface area contributed by atoms with Gasteiger partial charge in [0.05, 0.1) is 42.1 Å². The number of carbonyl (C=O) groups excluding carboxylic acids is 2. The number of nitrogens with zero attached hydrogens (tertiary/aromatic N) is 1. The van der Waals surface area contributed by atoms with Crippen molar-refractivity contribution in [2.24, 2.45) is 5.92 Å². The van der Waals surface area contributed by atoms with E-state index in [1.165, 1.54) is 0 Å². The number of carbonyl (C=O) groups is 2. The smallest absolute Gasteiger partial charge is 0.261 e. The molecule has 0 aromatic heterocycles. The average Bonchev–Trinajstić information content (AvgIpc) is 3.10. The SMILES string of the molecule is CC(C)(C)[Si](C)(C)OC1C(CO)C(O)C(N2C(=O)c3ccccc3C2=O)C1O[Si](C)(C)C(C)(C)C. The van der Waals surface area contributed by atoms with Gasteiger partial charge in [-0.2, -0.15) is 0 Å². The molecule has 1 aliphatic carbocycles. The summed E-state index contributed by atoms with van der Waals surface area (Å²) in [7, 11) is -4.79. The van der Waals surface area contributed by atoms with Gasteiger partial charge in [-0.05, 0) is 48.4 Å². The molecule has 2 amide bonds. The highest BCUT2D eigenvalue weighted by molar-refractivity contribution is 6.74. The van der Waals surface area contributed by atoms with Gasteiger partial charge in [-0.1, -0.05) is 53.7 Å². The minimum atomic E-state index is -2.43. The molecule has 0 spiro atoms. The van der Waals surface area contributed by atoms with Crippen LogP contribution in [0.4, 0.5) is 0 Å². The summed E-state index contributed by atoms with van der Waals surface area (Å²) in [4.78, 5) is 28.1. The molecule has 0 bridgehead atoms. The lowest BCUT2D eigenvalue weighted by Gasteiger charge is -2.45. The number of hydrogen-bond donors (Lipinski definition) is 2. The molecule has 5 unspecified atom stereocenters. The van der Waals surface area contributed by atoms with Crippen LogP contribution in [0.2, 0.25) is 36.3 Å². The highest BCUT2D eigenvalue weighted by atomic mass is 28.4. The van der Waals surface area contributed by atoms with Crippen LogP contribution in [0.3, 0.4) is 0 Å². The molecular weight excluding hydrogens is 478 g/mol. The zero-order valence-corrected chi connectivity index (χ0v) is 24.9. The van der Waals surface area contributed by atoms with E-state index in [0.717, 1.165) is 4.90 Å². The van der Waals surface area contributed by atoms with Crippen LogP contribution in [0.5, 0.6) is 0 Å². The summed E-state index contributed by atoms with van der Waals surface area (Å²) < 4.78 is 13.7. The summed E-state index contributed by atoms with van der Waals surface area (Å²) in [6, 6.07) is 5.76. The third-order valence-corrected chi connectivity index (χ3v) is 17.6. The molecule has 1 heterocycles. The van der Waals surface area contributed by atoms with Gasteiger partial charge in [0.1, 0.15) is 0 Å². The molecule has 35 heavy (non-hydrogen) atoms. The molecule has 2 aliphatic rings. The van der Waals surface area contributed by atoms with Crippen molar-refractivity contribution >= 4 is 28.4 Å². The van der Waals surface area contributed by atoms with E-state index < -0.39 is 58.7 Å². The quantitative estimate of drug-likeness (QED) is 0.425. The summed E-state index contributed by atoms with van der Waals surface area (Å²) in [5.41, 5.74) is 0.648. The van der Waals surface area contributed by atoms with Gasteiger partial charge < -0.3 is 19.1 Å². The lowest BCUT2D eigenvalue weighted by Crippen LogP contribution is -2.57. The number of rotatable bonds is 6. The first-order valence-corrected chi connectivity index (χ1v) is 18.3. The summed E-state index contributed by atoms with van der Waals surface area (Å²) in [5, 5.41) is 21.7. The van der Waals surface area contributed by atoms with Crippen molar-refractivity contribution in [2.75, 3.05) is 6.61 Å². The van der Waals surface area contributed by atoms with E-state index in [1.54, 1.807) is 24.3 Å². The fraction of sp³-hybridized carbons (Fsp3) is 0.692. The van der Waals surface area contributed by atoms with E-state index in [4.69, 9.17) is 8.85 Å².